The van der Waals surface area contributed by atoms with E-state index in [-0.39, 0.29) is 16.7 Å². The summed E-state index contributed by atoms with van der Waals surface area (Å²) in [7, 11) is -3.80. The lowest BCUT2D eigenvalue weighted by atomic mass is 10.2. The molecule has 1 aliphatic heterocycles. The Morgan fingerprint density at radius 1 is 0.909 bits per heavy atom. The molecule has 2 amide bonds. The van der Waals surface area contributed by atoms with E-state index in [1.54, 1.807) is 36.4 Å². The van der Waals surface area contributed by atoms with Gasteiger partial charge in [0.1, 0.15) is 0 Å². The minimum Gasteiger partial charge on any atom is -0.360 e. The molecule has 10 heteroatoms. The van der Waals surface area contributed by atoms with E-state index < -0.39 is 10.0 Å². The van der Waals surface area contributed by atoms with E-state index in [4.69, 9.17) is 11.6 Å². The number of carbonyl (C=O) groups is 2. The second-order valence-corrected chi connectivity index (χ2v) is 9.53. The van der Waals surface area contributed by atoms with Crippen molar-refractivity contribution in [2.24, 2.45) is 0 Å². The van der Waals surface area contributed by atoms with Crippen LogP contribution >= 0.6 is 11.6 Å². The Labute approximate surface area is 196 Å². The van der Waals surface area contributed by atoms with Crippen molar-refractivity contribution in [2.45, 2.75) is 4.90 Å². The molecule has 0 radical (unpaired) electrons. The SMILES string of the molecule is O=C1CN(c2ccc(NC(=O)c3ccc(S(=O)(=O)Nc4ccc(Cl)cc4)cc3)cc2)CCN1. The van der Waals surface area contributed by atoms with E-state index in [0.29, 0.717) is 35.1 Å². The molecule has 0 saturated carbocycles. The van der Waals surface area contributed by atoms with Crippen molar-refractivity contribution in [3.63, 3.8) is 0 Å². The topological polar surface area (TPSA) is 108 Å². The molecule has 0 aliphatic carbocycles. The molecule has 1 fully saturated rings. The molecule has 3 aromatic carbocycles. The number of anilines is 3. The number of carbonyl (C=O) groups excluding carboxylic acids is 2. The largest absolute Gasteiger partial charge is 0.360 e. The van der Waals surface area contributed by atoms with Gasteiger partial charge in [-0.05, 0) is 72.8 Å². The monoisotopic (exact) mass is 484 g/mol. The summed E-state index contributed by atoms with van der Waals surface area (Å²) in [6, 6.07) is 19.1. The Morgan fingerprint density at radius 3 is 2.18 bits per heavy atom. The van der Waals surface area contributed by atoms with Gasteiger partial charge in [0.25, 0.3) is 15.9 Å². The van der Waals surface area contributed by atoms with Gasteiger partial charge >= 0.3 is 0 Å². The molecule has 0 aromatic heterocycles. The summed E-state index contributed by atoms with van der Waals surface area (Å²) in [6.07, 6.45) is 0. The van der Waals surface area contributed by atoms with Gasteiger partial charge in [-0.2, -0.15) is 0 Å². The highest BCUT2D eigenvalue weighted by molar-refractivity contribution is 7.92. The van der Waals surface area contributed by atoms with Crippen LogP contribution in [0.4, 0.5) is 17.1 Å². The molecular weight excluding hydrogens is 464 g/mol. The average Bonchev–Trinajstić information content (AvgIpc) is 2.81. The van der Waals surface area contributed by atoms with Crippen LogP contribution in [-0.2, 0) is 14.8 Å². The Balaban J connectivity index is 1.39. The number of benzene rings is 3. The van der Waals surface area contributed by atoms with Crippen LogP contribution in [-0.4, -0.2) is 39.9 Å². The zero-order valence-electron chi connectivity index (χ0n) is 17.4. The van der Waals surface area contributed by atoms with Gasteiger partial charge in [-0.3, -0.25) is 14.3 Å². The van der Waals surface area contributed by atoms with E-state index in [0.717, 1.165) is 12.2 Å². The van der Waals surface area contributed by atoms with Crippen LogP contribution < -0.4 is 20.3 Å². The number of sulfonamides is 1. The smallest absolute Gasteiger partial charge is 0.261 e. The average molecular weight is 485 g/mol. The maximum atomic E-state index is 12.6. The Bertz CT molecular complexity index is 1260. The number of hydrogen-bond donors (Lipinski definition) is 3. The lowest BCUT2D eigenvalue weighted by Crippen LogP contribution is -2.47. The minimum atomic E-state index is -3.80. The lowest BCUT2D eigenvalue weighted by Gasteiger charge is -2.28. The predicted octanol–water partition coefficient (Wildman–Crippen LogP) is 3.33. The molecule has 1 heterocycles. The molecule has 3 aromatic rings. The van der Waals surface area contributed by atoms with Gasteiger partial charge in [0.15, 0.2) is 0 Å². The summed E-state index contributed by atoms with van der Waals surface area (Å²) in [4.78, 5) is 26.1. The number of nitrogens with zero attached hydrogens (tertiary/aromatic N) is 1. The van der Waals surface area contributed by atoms with Crippen molar-refractivity contribution >= 4 is 50.5 Å². The number of nitrogens with one attached hydrogen (secondary N) is 3. The van der Waals surface area contributed by atoms with E-state index in [1.165, 1.54) is 24.3 Å². The van der Waals surface area contributed by atoms with Crippen LogP contribution in [0, 0.1) is 0 Å². The Kier molecular flexibility index (Phi) is 6.52. The fourth-order valence-corrected chi connectivity index (χ4v) is 4.52. The van der Waals surface area contributed by atoms with Crippen molar-refractivity contribution in [1.29, 1.82) is 0 Å². The van der Waals surface area contributed by atoms with Gasteiger partial charge in [0.2, 0.25) is 5.91 Å². The first-order valence-electron chi connectivity index (χ1n) is 10.1. The minimum absolute atomic E-state index is 0.0209. The van der Waals surface area contributed by atoms with Crippen LogP contribution in [0.2, 0.25) is 5.02 Å². The van der Waals surface area contributed by atoms with E-state index in [9.17, 15) is 18.0 Å². The first kappa shape index (κ1) is 22.6. The van der Waals surface area contributed by atoms with Gasteiger partial charge in [-0.25, -0.2) is 8.42 Å². The van der Waals surface area contributed by atoms with Gasteiger partial charge in [0, 0.05) is 40.7 Å². The second kappa shape index (κ2) is 9.51. The van der Waals surface area contributed by atoms with E-state index in [1.807, 2.05) is 17.0 Å². The molecule has 33 heavy (non-hydrogen) atoms. The second-order valence-electron chi connectivity index (χ2n) is 7.41. The van der Waals surface area contributed by atoms with Crippen molar-refractivity contribution < 1.29 is 18.0 Å². The maximum Gasteiger partial charge on any atom is 0.261 e. The third-order valence-electron chi connectivity index (χ3n) is 5.05. The standard InChI is InChI=1S/C23H21ClN4O4S/c24-17-3-5-19(6-4-17)27-33(31,32)21-11-1-16(2-12-21)23(30)26-18-7-9-20(10-8-18)28-14-13-25-22(29)15-28/h1-12,27H,13-15H2,(H,25,29)(H,26,30). The Morgan fingerprint density at radius 2 is 1.55 bits per heavy atom. The fourth-order valence-electron chi connectivity index (χ4n) is 3.34. The predicted molar refractivity (Wildman–Crippen MR) is 128 cm³/mol. The molecule has 1 aliphatic rings. The third-order valence-corrected chi connectivity index (χ3v) is 6.70. The number of amides is 2. The molecule has 3 N–H and O–H groups in total. The summed E-state index contributed by atoms with van der Waals surface area (Å²) in [6.45, 7) is 1.62. The molecule has 0 spiro atoms. The maximum absolute atomic E-state index is 12.6. The summed E-state index contributed by atoms with van der Waals surface area (Å²) in [5.74, 6) is -0.387. The van der Waals surface area contributed by atoms with Crippen molar-refractivity contribution in [3.05, 3.63) is 83.4 Å². The number of rotatable bonds is 6. The highest BCUT2D eigenvalue weighted by Crippen LogP contribution is 2.21. The highest BCUT2D eigenvalue weighted by atomic mass is 35.5. The molecule has 0 unspecified atom stereocenters. The normalized spacial score (nSPS) is 13.8. The molecule has 170 valence electrons. The highest BCUT2D eigenvalue weighted by Gasteiger charge is 2.17. The van der Waals surface area contributed by atoms with Crippen LogP contribution in [0.25, 0.3) is 0 Å². The van der Waals surface area contributed by atoms with Gasteiger partial charge in [-0.1, -0.05) is 11.6 Å². The van der Waals surface area contributed by atoms with Crippen LogP contribution in [0.3, 0.4) is 0 Å². The zero-order valence-corrected chi connectivity index (χ0v) is 19.0. The summed E-state index contributed by atoms with van der Waals surface area (Å²) < 4.78 is 27.6. The molecule has 0 bridgehead atoms. The van der Waals surface area contributed by atoms with Crippen molar-refractivity contribution in [3.8, 4) is 0 Å². The number of piperazine rings is 1. The third kappa shape index (κ3) is 5.63. The summed E-state index contributed by atoms with van der Waals surface area (Å²) in [5, 5.41) is 6.07. The molecule has 1 saturated heterocycles. The fraction of sp³-hybridized carbons (Fsp3) is 0.130. The van der Waals surface area contributed by atoms with Crippen molar-refractivity contribution in [2.75, 3.05) is 34.6 Å². The number of halogens is 1. The molecule has 8 nitrogen and oxygen atoms in total. The molecule has 0 atom stereocenters. The van der Waals surface area contributed by atoms with E-state index >= 15 is 0 Å². The van der Waals surface area contributed by atoms with Gasteiger partial charge in [0.05, 0.1) is 11.4 Å². The summed E-state index contributed by atoms with van der Waals surface area (Å²) in [5.41, 5.74) is 2.18. The molecule has 4 rings (SSSR count). The Hall–Kier alpha value is -3.56. The lowest BCUT2D eigenvalue weighted by molar-refractivity contribution is -0.120. The van der Waals surface area contributed by atoms with Gasteiger partial charge in [-0.15, -0.1) is 0 Å². The number of hydrogen-bond acceptors (Lipinski definition) is 5. The molecular formula is C23H21ClN4O4S. The van der Waals surface area contributed by atoms with E-state index in [2.05, 4.69) is 15.4 Å². The first-order valence-corrected chi connectivity index (χ1v) is 12.0. The zero-order chi connectivity index (χ0) is 23.4. The quantitative estimate of drug-likeness (QED) is 0.497. The van der Waals surface area contributed by atoms with Crippen LogP contribution in [0.5, 0.6) is 0 Å². The van der Waals surface area contributed by atoms with Gasteiger partial charge < -0.3 is 15.5 Å². The summed E-state index contributed by atoms with van der Waals surface area (Å²) >= 11 is 5.82. The van der Waals surface area contributed by atoms with Crippen molar-refractivity contribution in [1.82, 2.24) is 5.32 Å². The van der Waals surface area contributed by atoms with Crippen LogP contribution in [0.15, 0.2) is 77.7 Å². The van der Waals surface area contributed by atoms with Crippen LogP contribution in [0.1, 0.15) is 10.4 Å². The first-order chi connectivity index (χ1) is 15.8.